The number of rotatable bonds is 5. The zero-order valence-electron chi connectivity index (χ0n) is 13.9. The van der Waals surface area contributed by atoms with Gasteiger partial charge in [-0.2, -0.15) is 5.10 Å². The van der Waals surface area contributed by atoms with E-state index in [0.717, 1.165) is 16.3 Å². The van der Waals surface area contributed by atoms with Crippen molar-refractivity contribution in [3.8, 4) is 5.75 Å². The predicted molar refractivity (Wildman–Crippen MR) is 97.6 cm³/mol. The van der Waals surface area contributed by atoms with E-state index < -0.39 is 9.84 Å². The van der Waals surface area contributed by atoms with Crippen LogP contribution < -0.4 is 10.2 Å². The number of nitrogens with one attached hydrogen (secondary N) is 1. The topological polar surface area (TPSA) is 84.8 Å². The number of hydrazone groups is 1. The standard InChI is InChI=1S/C18H20N2O4S/c1-24-17-7-6-14-4-2-3-5-15(14)16(17)11-19-20-18(21)10-13-8-9-25(22,23)12-13/h2-7,11,13H,8-10,12H2,1H3,(H,20,21)/b19-11-/t13-/m0/s1. The van der Waals surface area contributed by atoms with E-state index in [-0.39, 0.29) is 29.8 Å². The second kappa shape index (κ2) is 7.23. The highest BCUT2D eigenvalue weighted by Crippen LogP contribution is 2.26. The van der Waals surface area contributed by atoms with Crippen molar-refractivity contribution >= 4 is 32.7 Å². The molecule has 0 saturated carbocycles. The van der Waals surface area contributed by atoms with Crippen LogP contribution in [0, 0.1) is 5.92 Å². The van der Waals surface area contributed by atoms with Crippen molar-refractivity contribution in [1.82, 2.24) is 5.43 Å². The maximum absolute atomic E-state index is 12.0. The van der Waals surface area contributed by atoms with Gasteiger partial charge in [0.05, 0.1) is 24.8 Å². The Balaban J connectivity index is 1.70. The molecule has 0 radical (unpaired) electrons. The Hall–Kier alpha value is -2.41. The number of nitrogens with zero attached hydrogens (tertiary/aromatic N) is 1. The third-order valence-electron chi connectivity index (χ3n) is 4.33. The second-order valence-corrected chi connectivity index (χ2v) is 8.40. The Bertz CT molecular complexity index is 922. The molecule has 0 aromatic heterocycles. The van der Waals surface area contributed by atoms with Gasteiger partial charge >= 0.3 is 0 Å². The molecule has 132 valence electrons. The van der Waals surface area contributed by atoms with Gasteiger partial charge in [-0.15, -0.1) is 0 Å². The van der Waals surface area contributed by atoms with Crippen molar-refractivity contribution in [1.29, 1.82) is 0 Å². The summed E-state index contributed by atoms with van der Waals surface area (Å²) in [6.07, 6.45) is 2.27. The largest absolute Gasteiger partial charge is 0.496 e. The average Bonchev–Trinajstić information content (AvgIpc) is 2.93. The van der Waals surface area contributed by atoms with E-state index in [0.29, 0.717) is 12.2 Å². The quantitative estimate of drug-likeness (QED) is 0.654. The first kappa shape index (κ1) is 17.4. The van der Waals surface area contributed by atoms with Crippen LogP contribution in [-0.4, -0.2) is 39.2 Å². The molecule has 0 spiro atoms. The van der Waals surface area contributed by atoms with E-state index in [1.54, 1.807) is 13.3 Å². The Kier molecular flexibility index (Phi) is 5.03. The van der Waals surface area contributed by atoms with Crippen LogP contribution >= 0.6 is 0 Å². The molecule has 6 nitrogen and oxygen atoms in total. The maximum atomic E-state index is 12.0. The van der Waals surface area contributed by atoms with Crippen LogP contribution in [0.4, 0.5) is 0 Å². The van der Waals surface area contributed by atoms with Gasteiger partial charge in [-0.05, 0) is 29.2 Å². The number of sulfone groups is 1. The van der Waals surface area contributed by atoms with Gasteiger partial charge < -0.3 is 4.74 Å². The van der Waals surface area contributed by atoms with Crippen molar-refractivity contribution in [2.24, 2.45) is 11.0 Å². The Morgan fingerprint density at radius 2 is 2.12 bits per heavy atom. The number of hydrogen-bond acceptors (Lipinski definition) is 5. The lowest BCUT2D eigenvalue weighted by Gasteiger charge is -2.09. The second-order valence-electron chi connectivity index (χ2n) is 6.17. The van der Waals surface area contributed by atoms with Gasteiger partial charge in [0.15, 0.2) is 9.84 Å². The number of amides is 1. The number of methoxy groups -OCH3 is 1. The van der Waals surface area contributed by atoms with Crippen molar-refractivity contribution in [2.45, 2.75) is 12.8 Å². The first-order valence-corrected chi connectivity index (χ1v) is 9.89. The maximum Gasteiger partial charge on any atom is 0.240 e. The number of benzene rings is 2. The van der Waals surface area contributed by atoms with Crippen molar-refractivity contribution in [3.63, 3.8) is 0 Å². The SMILES string of the molecule is COc1ccc2ccccc2c1/C=N\NC(=O)C[C@@H]1CCS(=O)(=O)C1. The average molecular weight is 360 g/mol. The van der Waals surface area contributed by atoms with E-state index >= 15 is 0 Å². The van der Waals surface area contributed by atoms with Crippen molar-refractivity contribution in [3.05, 3.63) is 42.0 Å². The minimum absolute atomic E-state index is 0.0846. The van der Waals surface area contributed by atoms with Crippen LogP contribution in [-0.2, 0) is 14.6 Å². The fraction of sp³-hybridized carbons (Fsp3) is 0.333. The summed E-state index contributed by atoms with van der Waals surface area (Å²) in [5.74, 6) is 0.520. The fourth-order valence-electron chi connectivity index (χ4n) is 3.10. The highest BCUT2D eigenvalue weighted by atomic mass is 32.2. The molecule has 1 fully saturated rings. The summed E-state index contributed by atoms with van der Waals surface area (Å²) in [5.41, 5.74) is 3.26. The fourth-order valence-corrected chi connectivity index (χ4v) is 4.96. The molecular formula is C18H20N2O4S. The molecule has 1 saturated heterocycles. The van der Waals surface area contributed by atoms with Crippen molar-refractivity contribution < 1.29 is 17.9 Å². The molecule has 1 amide bonds. The third kappa shape index (κ3) is 4.17. The zero-order valence-corrected chi connectivity index (χ0v) is 14.8. The molecule has 3 rings (SSSR count). The number of fused-ring (bicyclic) bond motifs is 1. The number of carbonyl (C=O) groups excluding carboxylic acids is 1. The minimum Gasteiger partial charge on any atom is -0.496 e. The summed E-state index contributed by atoms with van der Waals surface area (Å²) in [7, 11) is -1.39. The first-order valence-electron chi connectivity index (χ1n) is 8.06. The van der Waals surface area contributed by atoms with Gasteiger partial charge in [-0.3, -0.25) is 4.79 Å². The van der Waals surface area contributed by atoms with Gasteiger partial charge in [-0.25, -0.2) is 13.8 Å². The van der Waals surface area contributed by atoms with Gasteiger partial charge in [0.2, 0.25) is 5.91 Å². The minimum atomic E-state index is -2.97. The monoisotopic (exact) mass is 360 g/mol. The van der Waals surface area contributed by atoms with Crippen LogP contribution in [0.5, 0.6) is 5.75 Å². The highest BCUT2D eigenvalue weighted by Gasteiger charge is 2.29. The lowest BCUT2D eigenvalue weighted by molar-refractivity contribution is -0.121. The Morgan fingerprint density at radius 1 is 1.32 bits per heavy atom. The molecule has 0 aliphatic carbocycles. The highest BCUT2D eigenvalue weighted by molar-refractivity contribution is 7.91. The van der Waals surface area contributed by atoms with Gasteiger partial charge in [-0.1, -0.05) is 30.3 Å². The molecule has 1 atom stereocenters. The molecule has 7 heteroatoms. The Morgan fingerprint density at radius 3 is 2.84 bits per heavy atom. The molecule has 1 N–H and O–H groups in total. The first-order chi connectivity index (χ1) is 12.0. The normalized spacial score (nSPS) is 19.3. The molecule has 1 aliphatic rings. The van der Waals surface area contributed by atoms with Crippen LogP contribution in [0.3, 0.4) is 0 Å². The smallest absolute Gasteiger partial charge is 0.240 e. The lowest BCUT2D eigenvalue weighted by atomic mass is 10.0. The van der Waals surface area contributed by atoms with Gasteiger partial charge in [0, 0.05) is 12.0 Å². The summed E-state index contributed by atoms with van der Waals surface area (Å²) in [6.45, 7) is 0. The summed E-state index contributed by atoms with van der Waals surface area (Å²) in [6, 6.07) is 11.7. The van der Waals surface area contributed by atoms with Crippen LogP contribution in [0.1, 0.15) is 18.4 Å². The summed E-state index contributed by atoms with van der Waals surface area (Å²) in [4.78, 5) is 12.0. The molecule has 0 unspecified atom stereocenters. The number of hydrogen-bond donors (Lipinski definition) is 1. The number of ether oxygens (including phenoxy) is 1. The van der Waals surface area contributed by atoms with E-state index in [2.05, 4.69) is 10.5 Å². The van der Waals surface area contributed by atoms with Crippen LogP contribution in [0.25, 0.3) is 10.8 Å². The van der Waals surface area contributed by atoms with E-state index in [4.69, 9.17) is 4.74 Å². The molecule has 1 aliphatic heterocycles. The molecule has 25 heavy (non-hydrogen) atoms. The van der Waals surface area contributed by atoms with Crippen LogP contribution in [0.15, 0.2) is 41.5 Å². The van der Waals surface area contributed by atoms with Gasteiger partial charge in [0.25, 0.3) is 0 Å². The lowest BCUT2D eigenvalue weighted by Crippen LogP contribution is -2.21. The van der Waals surface area contributed by atoms with E-state index in [1.807, 2.05) is 36.4 Å². The van der Waals surface area contributed by atoms with E-state index in [1.165, 1.54) is 0 Å². The third-order valence-corrected chi connectivity index (χ3v) is 6.17. The molecule has 2 aromatic carbocycles. The van der Waals surface area contributed by atoms with Crippen LogP contribution in [0.2, 0.25) is 0 Å². The summed E-state index contributed by atoms with van der Waals surface area (Å²) in [5, 5.41) is 6.05. The molecule has 2 aromatic rings. The van der Waals surface area contributed by atoms with Crippen molar-refractivity contribution in [2.75, 3.05) is 18.6 Å². The summed E-state index contributed by atoms with van der Waals surface area (Å²) >= 11 is 0. The van der Waals surface area contributed by atoms with Gasteiger partial charge in [0.1, 0.15) is 5.75 Å². The summed E-state index contributed by atoms with van der Waals surface area (Å²) < 4.78 is 28.3. The van der Waals surface area contributed by atoms with E-state index in [9.17, 15) is 13.2 Å². The molecule has 0 bridgehead atoms. The zero-order chi connectivity index (χ0) is 17.9. The molecule has 1 heterocycles. The predicted octanol–water partition coefficient (Wildman–Crippen LogP) is 2.12. The number of carbonyl (C=O) groups is 1. The Labute approximate surface area is 146 Å². The molecular weight excluding hydrogens is 340 g/mol.